The van der Waals surface area contributed by atoms with Gasteiger partial charge in [0, 0.05) is 38.0 Å². The lowest BCUT2D eigenvalue weighted by Crippen LogP contribution is -2.67. The number of rotatable bonds is 10. The number of unbranched alkanes of at least 4 members (excludes halogenated alkanes) is 2. The van der Waals surface area contributed by atoms with Crippen molar-refractivity contribution in [2.24, 2.45) is 0 Å². The normalized spacial score (nSPS) is 26.2. The summed E-state index contributed by atoms with van der Waals surface area (Å²) in [6.07, 6.45) is 9.49. The molecule has 3 atom stereocenters. The van der Waals surface area contributed by atoms with Crippen LogP contribution in [0.2, 0.25) is 0 Å². The van der Waals surface area contributed by atoms with Gasteiger partial charge >= 0.3 is 0 Å². The van der Waals surface area contributed by atoms with E-state index in [0.29, 0.717) is 25.8 Å². The molecule has 5 heteroatoms. The van der Waals surface area contributed by atoms with Crippen LogP contribution in [0.5, 0.6) is 5.75 Å². The summed E-state index contributed by atoms with van der Waals surface area (Å²) in [5, 5.41) is 22.3. The molecule has 0 spiro atoms. The van der Waals surface area contributed by atoms with Crippen LogP contribution >= 0.6 is 0 Å². The van der Waals surface area contributed by atoms with E-state index >= 15 is 0 Å². The molecular weight excluding hydrogens is 448 g/mol. The average Bonchev–Trinajstić information content (AvgIpc) is 2.88. The summed E-state index contributed by atoms with van der Waals surface area (Å²) in [6.45, 7) is 6.07. The maximum absolute atomic E-state index is 13.2. The Morgan fingerprint density at radius 2 is 1.94 bits per heavy atom. The summed E-state index contributed by atoms with van der Waals surface area (Å²) in [7, 11) is 1.93. The van der Waals surface area contributed by atoms with Crippen molar-refractivity contribution in [1.82, 2.24) is 9.80 Å². The van der Waals surface area contributed by atoms with Gasteiger partial charge in [-0.15, -0.1) is 6.58 Å². The number of amides is 1. The highest BCUT2D eigenvalue weighted by Crippen LogP contribution is 2.52. The molecule has 0 bridgehead atoms. The van der Waals surface area contributed by atoms with E-state index in [2.05, 4.69) is 35.7 Å². The van der Waals surface area contributed by atoms with E-state index in [1.807, 2.05) is 42.3 Å². The molecule has 1 saturated carbocycles. The van der Waals surface area contributed by atoms with Crippen LogP contribution in [0.4, 0.5) is 0 Å². The molecule has 2 aromatic carbocycles. The number of hydrogen-bond acceptors (Lipinski definition) is 4. The minimum Gasteiger partial charge on any atom is -0.508 e. The van der Waals surface area contributed by atoms with Gasteiger partial charge in [-0.25, -0.2) is 0 Å². The van der Waals surface area contributed by atoms with Gasteiger partial charge in [0.2, 0.25) is 5.91 Å². The van der Waals surface area contributed by atoms with Crippen LogP contribution in [0.15, 0.2) is 67.3 Å². The SMILES string of the molecule is C=CCN1CC[C@@]2(c3cccc(O)c3)C[C@H](N(C)C(=O)CCCCCc3ccccc3)CC[C@]2(O)C1. The Kier molecular flexibility index (Phi) is 8.53. The summed E-state index contributed by atoms with van der Waals surface area (Å²) >= 11 is 0. The highest BCUT2D eigenvalue weighted by molar-refractivity contribution is 5.76. The van der Waals surface area contributed by atoms with Gasteiger partial charge in [-0.1, -0.05) is 55.0 Å². The van der Waals surface area contributed by atoms with Crippen molar-refractivity contribution in [2.75, 3.05) is 26.7 Å². The number of β-amino-alcohol motifs (C(OH)–C–C–N with tert-alkyl or cyclic N) is 1. The maximum Gasteiger partial charge on any atom is 0.222 e. The van der Waals surface area contributed by atoms with Gasteiger partial charge in [0.05, 0.1) is 5.60 Å². The third-order valence-corrected chi connectivity index (χ3v) is 8.63. The van der Waals surface area contributed by atoms with E-state index < -0.39 is 11.0 Å². The predicted octanol–water partition coefficient (Wildman–Crippen LogP) is 5.07. The summed E-state index contributed by atoms with van der Waals surface area (Å²) in [5.41, 5.74) is 0.943. The largest absolute Gasteiger partial charge is 0.508 e. The molecule has 4 rings (SSSR count). The van der Waals surface area contributed by atoms with Crippen molar-refractivity contribution in [3.05, 3.63) is 78.4 Å². The number of carbonyl (C=O) groups excluding carboxylic acids is 1. The number of fused-ring (bicyclic) bond motifs is 1. The number of nitrogens with zero attached hydrogens (tertiary/aromatic N) is 2. The molecule has 0 unspecified atom stereocenters. The number of phenolic OH excluding ortho intramolecular Hbond substituents is 1. The Hall–Kier alpha value is -2.63. The van der Waals surface area contributed by atoms with Gasteiger partial charge in [0.1, 0.15) is 5.75 Å². The van der Waals surface area contributed by atoms with Crippen LogP contribution in [0.1, 0.15) is 62.5 Å². The molecule has 2 fully saturated rings. The van der Waals surface area contributed by atoms with Gasteiger partial charge in [0.15, 0.2) is 0 Å². The van der Waals surface area contributed by atoms with E-state index in [0.717, 1.165) is 57.2 Å². The quantitative estimate of drug-likeness (QED) is 0.361. The lowest BCUT2D eigenvalue weighted by Gasteiger charge is -2.59. The van der Waals surface area contributed by atoms with Crippen molar-refractivity contribution in [3.63, 3.8) is 0 Å². The Balaban J connectivity index is 1.41. The Morgan fingerprint density at radius 1 is 1.14 bits per heavy atom. The van der Waals surface area contributed by atoms with Crippen molar-refractivity contribution >= 4 is 5.91 Å². The standard InChI is InChI=1S/C31H42N2O3/c1-3-20-33-21-19-30(26-14-10-15-28(34)22-26)23-27(17-18-31(30,36)24-33)32(2)29(35)16-9-5-8-13-25-11-6-4-7-12-25/h3-4,6-7,10-12,14-15,22,27,34,36H,1,5,8-9,13,16-21,23-24H2,2H3/t27-,30+,31+/m1/s1. The lowest BCUT2D eigenvalue weighted by atomic mass is 9.55. The fourth-order valence-electron chi connectivity index (χ4n) is 6.51. The first-order valence-corrected chi connectivity index (χ1v) is 13.5. The van der Waals surface area contributed by atoms with Crippen LogP contribution in [-0.2, 0) is 16.6 Å². The fourth-order valence-corrected chi connectivity index (χ4v) is 6.51. The summed E-state index contributed by atoms with van der Waals surface area (Å²) in [4.78, 5) is 17.4. The molecule has 1 aliphatic heterocycles. The number of aryl methyl sites for hydroxylation is 1. The molecule has 0 radical (unpaired) electrons. The molecule has 5 nitrogen and oxygen atoms in total. The molecule has 0 aromatic heterocycles. The third kappa shape index (κ3) is 5.68. The molecule has 36 heavy (non-hydrogen) atoms. The summed E-state index contributed by atoms with van der Waals surface area (Å²) in [6, 6.07) is 18.0. The molecule has 2 aromatic rings. The lowest BCUT2D eigenvalue weighted by molar-refractivity contribution is -0.147. The molecule has 2 N–H and O–H groups in total. The number of benzene rings is 2. The van der Waals surface area contributed by atoms with Crippen molar-refractivity contribution < 1.29 is 15.0 Å². The zero-order valence-corrected chi connectivity index (χ0v) is 21.7. The predicted molar refractivity (Wildman–Crippen MR) is 145 cm³/mol. The van der Waals surface area contributed by atoms with Gasteiger partial charge in [-0.05, 0) is 74.8 Å². The second-order valence-corrected chi connectivity index (χ2v) is 10.9. The van der Waals surface area contributed by atoms with Gasteiger partial charge in [-0.2, -0.15) is 0 Å². The second-order valence-electron chi connectivity index (χ2n) is 10.9. The average molecular weight is 491 g/mol. The molecule has 1 amide bonds. The molecular formula is C31H42N2O3. The number of hydrogen-bond donors (Lipinski definition) is 2. The van der Waals surface area contributed by atoms with E-state index in [1.54, 1.807) is 6.07 Å². The number of carbonyl (C=O) groups is 1. The monoisotopic (exact) mass is 490 g/mol. The highest BCUT2D eigenvalue weighted by atomic mass is 16.3. The van der Waals surface area contributed by atoms with Gasteiger partial charge in [0.25, 0.3) is 0 Å². The van der Waals surface area contributed by atoms with E-state index in [1.165, 1.54) is 5.56 Å². The number of aliphatic hydroxyl groups is 1. The molecule has 2 aliphatic rings. The zero-order valence-electron chi connectivity index (χ0n) is 21.7. The summed E-state index contributed by atoms with van der Waals surface area (Å²) < 4.78 is 0. The highest BCUT2D eigenvalue weighted by Gasteiger charge is 2.58. The van der Waals surface area contributed by atoms with E-state index in [9.17, 15) is 15.0 Å². The van der Waals surface area contributed by atoms with Crippen molar-refractivity contribution in [2.45, 2.75) is 74.8 Å². The smallest absolute Gasteiger partial charge is 0.222 e. The number of likely N-dealkylation sites (tertiary alicyclic amines) is 1. The van der Waals surface area contributed by atoms with Crippen molar-refractivity contribution in [1.29, 1.82) is 0 Å². The first-order chi connectivity index (χ1) is 17.4. The first-order valence-electron chi connectivity index (χ1n) is 13.5. The van der Waals surface area contributed by atoms with E-state index in [-0.39, 0.29) is 17.7 Å². The number of aromatic hydroxyl groups is 1. The Morgan fingerprint density at radius 3 is 2.69 bits per heavy atom. The van der Waals surface area contributed by atoms with Crippen LogP contribution in [-0.4, -0.2) is 64.2 Å². The molecule has 1 heterocycles. The van der Waals surface area contributed by atoms with Crippen molar-refractivity contribution in [3.8, 4) is 5.75 Å². The van der Waals surface area contributed by atoms with Gasteiger partial charge < -0.3 is 15.1 Å². The minimum absolute atomic E-state index is 0.0791. The maximum atomic E-state index is 13.2. The third-order valence-electron chi connectivity index (χ3n) is 8.63. The van der Waals surface area contributed by atoms with Crippen LogP contribution in [0.25, 0.3) is 0 Å². The molecule has 194 valence electrons. The number of phenols is 1. The number of piperidine rings is 1. The van der Waals surface area contributed by atoms with E-state index in [4.69, 9.17) is 0 Å². The second kappa shape index (κ2) is 11.6. The Bertz CT molecular complexity index is 1030. The minimum atomic E-state index is -0.903. The topological polar surface area (TPSA) is 64.0 Å². The zero-order chi connectivity index (χ0) is 25.6. The fraction of sp³-hybridized carbons (Fsp3) is 0.516. The van der Waals surface area contributed by atoms with Crippen LogP contribution < -0.4 is 0 Å². The molecule has 1 saturated heterocycles. The Labute approximate surface area is 216 Å². The van der Waals surface area contributed by atoms with Crippen LogP contribution in [0.3, 0.4) is 0 Å². The van der Waals surface area contributed by atoms with Gasteiger partial charge in [-0.3, -0.25) is 9.69 Å². The summed E-state index contributed by atoms with van der Waals surface area (Å²) in [5.74, 6) is 0.417. The van der Waals surface area contributed by atoms with Crippen LogP contribution in [0, 0.1) is 0 Å². The first kappa shape index (κ1) is 26.4. The molecule has 1 aliphatic carbocycles.